The molecule has 33 heavy (non-hydrogen) atoms. The molecule has 8 heteroatoms. The molecule has 1 amide bonds. The highest BCUT2D eigenvalue weighted by Gasteiger charge is 2.28. The number of nitrogens with one attached hydrogen (secondary N) is 1. The number of para-hydroxylation sites is 1. The maximum atomic E-state index is 13.5. The van der Waals surface area contributed by atoms with Crippen molar-refractivity contribution in [2.75, 3.05) is 25.1 Å². The van der Waals surface area contributed by atoms with Crippen LogP contribution < -0.4 is 19.1 Å². The van der Waals surface area contributed by atoms with Gasteiger partial charge in [-0.1, -0.05) is 36.4 Å². The van der Waals surface area contributed by atoms with Crippen molar-refractivity contribution < 1.29 is 22.7 Å². The number of ether oxygens (including phenoxy) is 2. The van der Waals surface area contributed by atoms with Gasteiger partial charge in [-0.15, -0.1) is 0 Å². The number of rotatable bonds is 9. The van der Waals surface area contributed by atoms with Gasteiger partial charge in [-0.2, -0.15) is 0 Å². The van der Waals surface area contributed by atoms with Gasteiger partial charge < -0.3 is 14.8 Å². The first-order chi connectivity index (χ1) is 15.8. The third kappa shape index (κ3) is 5.46. The fourth-order valence-corrected chi connectivity index (χ4v) is 5.04. The molecule has 0 aliphatic heterocycles. The normalized spacial score (nSPS) is 12.0. The zero-order chi connectivity index (χ0) is 24.0. The van der Waals surface area contributed by atoms with Crippen LogP contribution in [-0.2, 0) is 14.8 Å². The Labute approximate surface area is 195 Å². The van der Waals surface area contributed by atoms with E-state index in [2.05, 4.69) is 5.32 Å². The number of anilines is 1. The van der Waals surface area contributed by atoms with Gasteiger partial charge in [0.05, 0.1) is 30.8 Å². The number of carbonyl (C=O) groups is 1. The Balaban J connectivity index is 1.91. The van der Waals surface area contributed by atoms with Crippen LogP contribution in [0.1, 0.15) is 24.1 Å². The quantitative estimate of drug-likeness (QED) is 0.511. The summed E-state index contributed by atoms with van der Waals surface area (Å²) in [6, 6.07) is 20.0. The van der Waals surface area contributed by atoms with Crippen LogP contribution in [0.2, 0.25) is 0 Å². The molecule has 0 aliphatic rings. The Hall–Kier alpha value is -3.52. The van der Waals surface area contributed by atoms with Crippen LogP contribution in [0.4, 0.5) is 5.69 Å². The minimum Gasteiger partial charge on any atom is -0.497 e. The molecule has 3 rings (SSSR count). The minimum absolute atomic E-state index is 0.114. The Kier molecular flexibility index (Phi) is 7.60. The van der Waals surface area contributed by atoms with Gasteiger partial charge >= 0.3 is 0 Å². The Morgan fingerprint density at radius 3 is 2.27 bits per heavy atom. The molecule has 0 unspecified atom stereocenters. The number of sulfonamides is 1. The molecule has 0 saturated heterocycles. The fraction of sp³-hybridized carbons (Fsp3) is 0.240. The Morgan fingerprint density at radius 1 is 0.970 bits per heavy atom. The molecule has 1 N–H and O–H groups in total. The van der Waals surface area contributed by atoms with Crippen molar-refractivity contribution in [3.8, 4) is 11.5 Å². The largest absolute Gasteiger partial charge is 0.497 e. The second kappa shape index (κ2) is 10.4. The minimum atomic E-state index is -3.97. The van der Waals surface area contributed by atoms with E-state index < -0.39 is 22.0 Å². The van der Waals surface area contributed by atoms with E-state index in [0.717, 1.165) is 15.4 Å². The first-order valence-electron chi connectivity index (χ1n) is 10.4. The molecule has 174 valence electrons. The second-order valence-electron chi connectivity index (χ2n) is 7.51. The molecule has 3 aromatic carbocycles. The summed E-state index contributed by atoms with van der Waals surface area (Å²) in [7, 11) is -0.861. The van der Waals surface area contributed by atoms with E-state index in [9.17, 15) is 13.2 Å². The molecule has 0 radical (unpaired) electrons. The van der Waals surface area contributed by atoms with Gasteiger partial charge in [-0.05, 0) is 55.8 Å². The van der Waals surface area contributed by atoms with Gasteiger partial charge in [0.25, 0.3) is 10.0 Å². The van der Waals surface area contributed by atoms with E-state index in [1.807, 2.05) is 19.1 Å². The van der Waals surface area contributed by atoms with Gasteiger partial charge in [-0.25, -0.2) is 8.42 Å². The molecule has 0 spiro atoms. The van der Waals surface area contributed by atoms with Crippen molar-refractivity contribution in [1.82, 2.24) is 5.32 Å². The van der Waals surface area contributed by atoms with Crippen LogP contribution in [0.3, 0.4) is 0 Å². The topological polar surface area (TPSA) is 84.9 Å². The number of nitrogens with zero attached hydrogens (tertiary/aromatic N) is 1. The van der Waals surface area contributed by atoms with E-state index in [-0.39, 0.29) is 11.4 Å². The summed E-state index contributed by atoms with van der Waals surface area (Å²) in [5.74, 6) is 0.770. The number of carbonyl (C=O) groups excluding carboxylic acids is 1. The molecule has 1 atom stereocenters. The van der Waals surface area contributed by atoms with E-state index >= 15 is 0 Å². The average molecular weight is 469 g/mol. The average Bonchev–Trinajstić information content (AvgIpc) is 2.83. The first-order valence-corrected chi connectivity index (χ1v) is 11.9. The molecular weight excluding hydrogens is 440 g/mol. The molecule has 0 fully saturated rings. The van der Waals surface area contributed by atoms with Gasteiger partial charge in [0, 0.05) is 5.56 Å². The number of methoxy groups -OCH3 is 2. The highest BCUT2D eigenvalue weighted by molar-refractivity contribution is 7.92. The molecule has 0 heterocycles. The predicted octanol–water partition coefficient (Wildman–Crippen LogP) is 4.08. The smallest absolute Gasteiger partial charge is 0.264 e. The first kappa shape index (κ1) is 24.1. The maximum Gasteiger partial charge on any atom is 0.264 e. The van der Waals surface area contributed by atoms with Crippen LogP contribution in [-0.4, -0.2) is 35.1 Å². The molecular formula is C25H28N2O5S. The van der Waals surface area contributed by atoms with Gasteiger partial charge in [0.15, 0.2) is 0 Å². The summed E-state index contributed by atoms with van der Waals surface area (Å²) in [4.78, 5) is 13.2. The second-order valence-corrected chi connectivity index (χ2v) is 9.37. The highest BCUT2D eigenvalue weighted by atomic mass is 32.2. The molecule has 0 aromatic heterocycles. The number of benzene rings is 3. The van der Waals surface area contributed by atoms with Crippen molar-refractivity contribution in [3.63, 3.8) is 0 Å². The summed E-state index contributed by atoms with van der Waals surface area (Å²) in [6.45, 7) is 3.24. The summed E-state index contributed by atoms with van der Waals surface area (Å²) >= 11 is 0. The van der Waals surface area contributed by atoms with Crippen molar-refractivity contribution in [1.29, 1.82) is 0 Å². The van der Waals surface area contributed by atoms with Gasteiger partial charge in [0.1, 0.15) is 18.0 Å². The van der Waals surface area contributed by atoms with E-state index in [1.165, 1.54) is 12.1 Å². The summed E-state index contributed by atoms with van der Waals surface area (Å²) < 4.78 is 38.8. The molecule has 0 saturated carbocycles. The summed E-state index contributed by atoms with van der Waals surface area (Å²) in [5.41, 5.74) is 1.91. The van der Waals surface area contributed by atoms with Crippen LogP contribution in [0.5, 0.6) is 11.5 Å². The van der Waals surface area contributed by atoms with E-state index in [0.29, 0.717) is 17.2 Å². The van der Waals surface area contributed by atoms with Crippen LogP contribution in [0.25, 0.3) is 0 Å². The predicted molar refractivity (Wildman–Crippen MR) is 128 cm³/mol. The SMILES string of the molecule is COc1ccc(OC)c([C@@H](C)NC(=O)CN(c2ccccc2C)S(=O)(=O)c2ccccc2)c1. The van der Waals surface area contributed by atoms with Crippen molar-refractivity contribution >= 4 is 21.6 Å². The number of aryl methyl sites for hydroxylation is 1. The number of hydrogen-bond acceptors (Lipinski definition) is 5. The van der Waals surface area contributed by atoms with E-state index in [1.54, 1.807) is 69.7 Å². The van der Waals surface area contributed by atoms with Crippen molar-refractivity contribution in [2.24, 2.45) is 0 Å². The molecule has 0 aliphatic carbocycles. The lowest BCUT2D eigenvalue weighted by atomic mass is 10.1. The monoisotopic (exact) mass is 468 g/mol. The lowest BCUT2D eigenvalue weighted by Crippen LogP contribution is -2.42. The van der Waals surface area contributed by atoms with Gasteiger partial charge in [0.2, 0.25) is 5.91 Å². The highest BCUT2D eigenvalue weighted by Crippen LogP contribution is 2.30. The Morgan fingerprint density at radius 2 is 1.64 bits per heavy atom. The van der Waals surface area contributed by atoms with Crippen LogP contribution in [0, 0.1) is 6.92 Å². The zero-order valence-electron chi connectivity index (χ0n) is 19.1. The third-order valence-electron chi connectivity index (χ3n) is 5.28. The third-order valence-corrected chi connectivity index (χ3v) is 7.06. The summed E-state index contributed by atoms with van der Waals surface area (Å²) in [6.07, 6.45) is 0. The Bertz CT molecular complexity index is 1210. The molecule has 0 bridgehead atoms. The zero-order valence-corrected chi connectivity index (χ0v) is 19.9. The lowest BCUT2D eigenvalue weighted by molar-refractivity contribution is -0.120. The molecule has 3 aromatic rings. The molecule has 7 nitrogen and oxygen atoms in total. The van der Waals surface area contributed by atoms with Crippen molar-refractivity contribution in [3.05, 3.63) is 83.9 Å². The van der Waals surface area contributed by atoms with Crippen molar-refractivity contribution in [2.45, 2.75) is 24.8 Å². The standard InChI is InChI=1S/C25H28N2O5S/c1-18-10-8-9-13-23(18)27(33(29,30)21-11-6-5-7-12-21)17-25(28)26-19(2)22-16-20(31-3)14-15-24(22)32-4/h5-16,19H,17H2,1-4H3,(H,26,28)/t19-/m1/s1. The van der Waals surface area contributed by atoms with E-state index in [4.69, 9.17) is 9.47 Å². The fourth-order valence-electron chi connectivity index (χ4n) is 3.54. The maximum absolute atomic E-state index is 13.5. The van der Waals surface area contributed by atoms with Crippen LogP contribution in [0.15, 0.2) is 77.7 Å². The number of hydrogen-bond donors (Lipinski definition) is 1. The number of amides is 1. The van der Waals surface area contributed by atoms with Crippen LogP contribution >= 0.6 is 0 Å². The lowest BCUT2D eigenvalue weighted by Gasteiger charge is -2.26. The summed E-state index contributed by atoms with van der Waals surface area (Å²) in [5, 5.41) is 2.88. The van der Waals surface area contributed by atoms with Gasteiger partial charge in [-0.3, -0.25) is 9.10 Å².